The molecule has 0 unspecified atom stereocenters. The molecule has 0 bridgehead atoms. The summed E-state index contributed by atoms with van der Waals surface area (Å²) in [6.07, 6.45) is 1.09. The molecule has 0 fully saturated rings. The first-order chi connectivity index (χ1) is 5.86. The highest BCUT2D eigenvalue weighted by atomic mass is 15.0. The van der Waals surface area contributed by atoms with Gasteiger partial charge in [0.1, 0.15) is 5.82 Å². The average Bonchev–Trinajstić information content (AvgIpc) is 2.15. The summed E-state index contributed by atoms with van der Waals surface area (Å²) in [5, 5.41) is 3.17. The lowest BCUT2D eigenvalue weighted by atomic mass is 10.3. The number of aromatic nitrogens is 1. The Kier molecular flexibility index (Phi) is 3.54. The number of rotatable bonds is 4. The summed E-state index contributed by atoms with van der Waals surface area (Å²) in [6.45, 7) is 3.30. The second-order valence-corrected chi connectivity index (χ2v) is 2.62. The molecule has 1 rings (SSSR count). The van der Waals surface area contributed by atoms with Gasteiger partial charge >= 0.3 is 0 Å². The molecule has 0 saturated carbocycles. The zero-order chi connectivity index (χ0) is 8.81. The Morgan fingerprint density at radius 3 is 3.00 bits per heavy atom. The van der Waals surface area contributed by atoms with E-state index < -0.39 is 0 Å². The maximum atomic E-state index is 7.13. The maximum absolute atomic E-state index is 7.13. The standard InChI is InChI=1S/C9H14N3/c1-2-6-11-9-5-3-4-8(7-10)12-9/h3-5,10H,2,6-7H2,1H3,(H,11,12). The third-order valence-electron chi connectivity index (χ3n) is 1.54. The Morgan fingerprint density at radius 2 is 2.33 bits per heavy atom. The van der Waals surface area contributed by atoms with Crippen LogP contribution in [0.1, 0.15) is 19.0 Å². The summed E-state index contributed by atoms with van der Waals surface area (Å²) in [6, 6.07) is 5.72. The highest BCUT2D eigenvalue weighted by Crippen LogP contribution is 2.03. The monoisotopic (exact) mass is 164 g/mol. The van der Waals surface area contributed by atoms with Crippen molar-refractivity contribution in [3.05, 3.63) is 23.9 Å². The van der Waals surface area contributed by atoms with Crippen molar-refractivity contribution in [2.45, 2.75) is 19.9 Å². The van der Waals surface area contributed by atoms with Gasteiger partial charge in [0, 0.05) is 6.54 Å². The highest BCUT2D eigenvalue weighted by Gasteiger charge is 1.93. The van der Waals surface area contributed by atoms with Crippen LogP contribution in [0.4, 0.5) is 5.82 Å². The number of nitrogens with one attached hydrogen (secondary N) is 2. The summed E-state index contributed by atoms with van der Waals surface area (Å²) < 4.78 is 0. The molecule has 3 nitrogen and oxygen atoms in total. The van der Waals surface area contributed by atoms with Crippen molar-refractivity contribution in [1.82, 2.24) is 10.7 Å². The Bertz CT molecular complexity index is 235. The Labute approximate surface area is 73.0 Å². The fourth-order valence-electron chi connectivity index (χ4n) is 0.930. The Hall–Kier alpha value is -1.09. The normalized spacial score (nSPS) is 9.83. The van der Waals surface area contributed by atoms with Gasteiger partial charge in [0.25, 0.3) is 0 Å². The minimum atomic E-state index is 0.252. The fraction of sp³-hybridized carbons (Fsp3) is 0.444. The van der Waals surface area contributed by atoms with E-state index in [4.69, 9.17) is 5.73 Å². The van der Waals surface area contributed by atoms with E-state index in [1.807, 2.05) is 18.2 Å². The number of hydrogen-bond donors (Lipinski definition) is 1. The molecule has 0 aromatic carbocycles. The topological polar surface area (TPSA) is 48.7 Å². The molecular weight excluding hydrogens is 150 g/mol. The smallest absolute Gasteiger partial charge is 0.126 e. The summed E-state index contributed by atoms with van der Waals surface area (Å²) in [5.41, 5.74) is 7.94. The molecule has 0 aliphatic carbocycles. The zero-order valence-electron chi connectivity index (χ0n) is 7.30. The van der Waals surface area contributed by atoms with Gasteiger partial charge in [0.05, 0.1) is 12.2 Å². The van der Waals surface area contributed by atoms with Crippen molar-refractivity contribution in [2.24, 2.45) is 0 Å². The van der Waals surface area contributed by atoms with Crippen LogP contribution >= 0.6 is 0 Å². The molecule has 0 amide bonds. The Morgan fingerprint density at radius 1 is 1.50 bits per heavy atom. The van der Waals surface area contributed by atoms with E-state index in [0.29, 0.717) is 0 Å². The predicted molar refractivity (Wildman–Crippen MR) is 49.8 cm³/mol. The van der Waals surface area contributed by atoms with Crippen LogP contribution in [0.25, 0.3) is 0 Å². The van der Waals surface area contributed by atoms with Crippen LogP contribution in [0.3, 0.4) is 0 Å². The van der Waals surface area contributed by atoms with Crippen molar-refractivity contribution in [3.8, 4) is 0 Å². The summed E-state index contributed by atoms with van der Waals surface area (Å²) >= 11 is 0. The first kappa shape index (κ1) is 9.00. The maximum Gasteiger partial charge on any atom is 0.126 e. The highest BCUT2D eigenvalue weighted by molar-refractivity contribution is 5.34. The van der Waals surface area contributed by atoms with Crippen molar-refractivity contribution < 1.29 is 0 Å². The average molecular weight is 164 g/mol. The van der Waals surface area contributed by atoms with Crippen LogP contribution in [0.2, 0.25) is 0 Å². The van der Waals surface area contributed by atoms with Gasteiger partial charge in [0.15, 0.2) is 0 Å². The molecule has 0 spiro atoms. The van der Waals surface area contributed by atoms with Crippen molar-refractivity contribution >= 4 is 5.82 Å². The van der Waals surface area contributed by atoms with E-state index in [1.54, 1.807) is 0 Å². The largest absolute Gasteiger partial charge is 0.370 e. The third-order valence-corrected chi connectivity index (χ3v) is 1.54. The van der Waals surface area contributed by atoms with E-state index in [0.717, 1.165) is 24.5 Å². The van der Waals surface area contributed by atoms with Crippen LogP contribution in [-0.2, 0) is 6.54 Å². The van der Waals surface area contributed by atoms with Gasteiger partial charge in [-0.2, -0.15) is 0 Å². The molecule has 1 radical (unpaired) electrons. The molecular formula is C9H14N3. The quantitative estimate of drug-likeness (QED) is 0.736. The molecule has 3 heteroatoms. The molecule has 2 N–H and O–H groups in total. The Balaban J connectivity index is 2.60. The molecule has 0 aliphatic rings. The molecule has 1 aromatic rings. The second kappa shape index (κ2) is 4.72. The van der Waals surface area contributed by atoms with E-state index in [9.17, 15) is 0 Å². The number of pyridine rings is 1. The van der Waals surface area contributed by atoms with Crippen molar-refractivity contribution in [1.29, 1.82) is 0 Å². The second-order valence-electron chi connectivity index (χ2n) is 2.62. The number of nitrogens with zero attached hydrogens (tertiary/aromatic N) is 1. The van der Waals surface area contributed by atoms with Gasteiger partial charge in [-0.3, -0.25) is 5.73 Å². The summed E-state index contributed by atoms with van der Waals surface area (Å²) in [4.78, 5) is 4.23. The lowest BCUT2D eigenvalue weighted by Gasteiger charge is -2.03. The van der Waals surface area contributed by atoms with Crippen molar-refractivity contribution in [2.75, 3.05) is 11.9 Å². The van der Waals surface area contributed by atoms with Crippen LogP contribution < -0.4 is 11.1 Å². The molecule has 1 heterocycles. The van der Waals surface area contributed by atoms with Gasteiger partial charge in [-0.15, -0.1) is 0 Å². The predicted octanol–water partition coefficient (Wildman–Crippen LogP) is 1.69. The van der Waals surface area contributed by atoms with E-state index in [1.165, 1.54) is 0 Å². The van der Waals surface area contributed by atoms with Gasteiger partial charge < -0.3 is 5.32 Å². The van der Waals surface area contributed by atoms with Crippen LogP contribution in [-0.4, -0.2) is 11.5 Å². The van der Waals surface area contributed by atoms with Gasteiger partial charge in [-0.05, 0) is 18.6 Å². The number of anilines is 1. The summed E-state index contributed by atoms with van der Waals surface area (Å²) in [7, 11) is 0. The first-order valence-corrected chi connectivity index (χ1v) is 4.21. The van der Waals surface area contributed by atoms with Gasteiger partial charge in [-0.1, -0.05) is 13.0 Å². The lowest BCUT2D eigenvalue weighted by Crippen LogP contribution is -2.03. The SMILES string of the molecule is CCCNc1cccc(C[NH])n1. The van der Waals surface area contributed by atoms with Crippen LogP contribution in [0.5, 0.6) is 0 Å². The first-order valence-electron chi connectivity index (χ1n) is 4.21. The van der Waals surface area contributed by atoms with Crippen molar-refractivity contribution in [3.63, 3.8) is 0 Å². The minimum Gasteiger partial charge on any atom is -0.370 e. The summed E-state index contributed by atoms with van der Waals surface area (Å²) in [5.74, 6) is 0.876. The molecule has 0 saturated heterocycles. The van der Waals surface area contributed by atoms with Crippen LogP contribution in [0.15, 0.2) is 18.2 Å². The fourth-order valence-corrected chi connectivity index (χ4v) is 0.930. The zero-order valence-corrected chi connectivity index (χ0v) is 7.30. The van der Waals surface area contributed by atoms with Gasteiger partial charge in [-0.25, -0.2) is 4.98 Å². The van der Waals surface area contributed by atoms with Gasteiger partial charge in [0.2, 0.25) is 0 Å². The molecule has 1 aromatic heterocycles. The molecule has 65 valence electrons. The molecule has 0 atom stereocenters. The van der Waals surface area contributed by atoms with E-state index >= 15 is 0 Å². The van der Waals surface area contributed by atoms with E-state index in [2.05, 4.69) is 17.2 Å². The third kappa shape index (κ3) is 2.51. The van der Waals surface area contributed by atoms with Crippen LogP contribution in [0, 0.1) is 0 Å². The van der Waals surface area contributed by atoms with E-state index in [-0.39, 0.29) is 6.54 Å². The lowest BCUT2D eigenvalue weighted by molar-refractivity contribution is 0.934. The number of hydrogen-bond acceptors (Lipinski definition) is 2. The molecule has 0 aliphatic heterocycles. The molecule has 12 heavy (non-hydrogen) atoms. The minimum absolute atomic E-state index is 0.252.